The minimum Gasteiger partial charge on any atom is -0.355 e. The molecule has 0 aromatic heterocycles. The second kappa shape index (κ2) is 6.74. The van der Waals surface area contributed by atoms with Crippen LogP contribution < -0.4 is 10.6 Å². The molecular weight excluding hydrogens is 196 g/mol. The minimum atomic E-state index is 0.00707. The van der Waals surface area contributed by atoms with Crippen LogP contribution in [0, 0.1) is 12.3 Å². The number of thioether (sulfide) groups is 1. The van der Waals surface area contributed by atoms with Crippen molar-refractivity contribution in [1.82, 2.24) is 10.6 Å². The lowest BCUT2D eigenvalue weighted by Gasteiger charge is -2.09. The van der Waals surface area contributed by atoms with Gasteiger partial charge in [-0.05, 0) is 12.8 Å². The van der Waals surface area contributed by atoms with Crippen molar-refractivity contribution in [2.75, 3.05) is 18.2 Å². The minimum absolute atomic E-state index is 0.00707. The van der Waals surface area contributed by atoms with E-state index in [1.807, 2.05) is 0 Å². The zero-order valence-electron chi connectivity index (χ0n) is 8.21. The average Bonchev–Trinajstić information content (AvgIpc) is 2.70. The molecule has 1 unspecified atom stereocenters. The van der Waals surface area contributed by atoms with Gasteiger partial charge in [-0.2, -0.15) is 0 Å². The summed E-state index contributed by atoms with van der Waals surface area (Å²) in [7, 11) is 0. The molecule has 0 radical (unpaired) electrons. The molecule has 1 amide bonds. The maximum atomic E-state index is 11.5. The summed E-state index contributed by atoms with van der Waals surface area (Å²) >= 11 is 1.76. The molecule has 0 spiro atoms. The third-order valence-electron chi connectivity index (χ3n) is 2.08. The van der Waals surface area contributed by atoms with Crippen LogP contribution in [0.15, 0.2) is 0 Å². The van der Waals surface area contributed by atoms with Crippen LogP contribution in [0.5, 0.6) is 0 Å². The van der Waals surface area contributed by atoms with Crippen LogP contribution in [0.1, 0.15) is 19.3 Å². The summed E-state index contributed by atoms with van der Waals surface area (Å²) in [4.78, 5) is 11.5. The highest BCUT2D eigenvalue weighted by Crippen LogP contribution is 2.09. The van der Waals surface area contributed by atoms with E-state index >= 15 is 0 Å². The molecule has 0 bridgehead atoms. The van der Waals surface area contributed by atoms with Crippen LogP contribution in [0.3, 0.4) is 0 Å². The van der Waals surface area contributed by atoms with Crippen LogP contribution >= 0.6 is 11.8 Å². The Morgan fingerprint density at radius 3 is 3.14 bits per heavy atom. The first-order chi connectivity index (χ1) is 6.84. The summed E-state index contributed by atoms with van der Waals surface area (Å²) in [5, 5.41) is 6.03. The van der Waals surface area contributed by atoms with Gasteiger partial charge in [0.05, 0.1) is 6.04 Å². The maximum absolute atomic E-state index is 11.5. The predicted octanol–water partition coefficient (Wildman–Crippen LogP) is 0.569. The molecule has 78 valence electrons. The lowest BCUT2D eigenvalue weighted by molar-refractivity contribution is -0.122. The Balaban J connectivity index is 2.00. The Hall–Kier alpha value is -0.660. The number of rotatable bonds is 5. The fraction of sp³-hybridized carbons (Fsp3) is 0.700. The van der Waals surface area contributed by atoms with Gasteiger partial charge in [0.25, 0.3) is 0 Å². The molecule has 2 N–H and O–H groups in total. The van der Waals surface area contributed by atoms with E-state index < -0.39 is 0 Å². The summed E-state index contributed by atoms with van der Waals surface area (Å²) in [5.41, 5.74) is 0. The Bertz CT molecular complexity index is 219. The standard InChI is InChI=1S/C10H16N2OS/c1-2-3-4-5-6-11-10(13)9-7-14-8-12-9/h1,9,12H,3-8H2,(H,11,13). The van der Waals surface area contributed by atoms with Gasteiger partial charge in [0.2, 0.25) is 5.91 Å². The largest absolute Gasteiger partial charge is 0.355 e. The van der Waals surface area contributed by atoms with Crippen LogP contribution in [0.2, 0.25) is 0 Å². The number of unbranched alkanes of at least 4 members (excludes halogenated alkanes) is 2. The molecule has 1 atom stereocenters. The van der Waals surface area contributed by atoms with Crippen molar-refractivity contribution in [2.24, 2.45) is 0 Å². The molecule has 0 aromatic rings. The summed E-state index contributed by atoms with van der Waals surface area (Å²) in [5.74, 6) is 4.47. The summed E-state index contributed by atoms with van der Waals surface area (Å²) in [6.45, 7) is 0.739. The normalized spacial score (nSPS) is 20.4. The van der Waals surface area contributed by atoms with E-state index in [1.54, 1.807) is 11.8 Å². The number of carbonyl (C=O) groups excluding carboxylic acids is 1. The lowest BCUT2D eigenvalue weighted by Crippen LogP contribution is -2.42. The number of terminal acetylenes is 1. The Morgan fingerprint density at radius 1 is 1.64 bits per heavy atom. The molecule has 14 heavy (non-hydrogen) atoms. The first-order valence-corrected chi connectivity index (χ1v) is 6.02. The highest BCUT2D eigenvalue weighted by molar-refractivity contribution is 7.99. The van der Waals surface area contributed by atoms with Crippen molar-refractivity contribution in [1.29, 1.82) is 0 Å². The molecule has 1 aliphatic rings. The summed E-state index contributed by atoms with van der Waals surface area (Å²) < 4.78 is 0. The number of nitrogens with one attached hydrogen (secondary N) is 2. The third kappa shape index (κ3) is 4.03. The molecule has 1 saturated heterocycles. The van der Waals surface area contributed by atoms with Gasteiger partial charge in [-0.25, -0.2) is 0 Å². The van der Waals surface area contributed by atoms with Crippen molar-refractivity contribution < 1.29 is 4.79 Å². The molecule has 0 aliphatic carbocycles. The van der Waals surface area contributed by atoms with E-state index in [9.17, 15) is 4.79 Å². The summed E-state index contributed by atoms with van der Waals surface area (Å²) in [6, 6.07) is 0.00707. The molecule has 1 heterocycles. The molecule has 1 fully saturated rings. The van der Waals surface area contributed by atoms with Crippen LogP contribution in [0.4, 0.5) is 0 Å². The number of hydrogen-bond donors (Lipinski definition) is 2. The van der Waals surface area contributed by atoms with E-state index in [0.29, 0.717) is 0 Å². The van der Waals surface area contributed by atoms with Gasteiger partial charge >= 0.3 is 0 Å². The molecule has 4 heteroatoms. The van der Waals surface area contributed by atoms with Gasteiger partial charge < -0.3 is 5.32 Å². The topological polar surface area (TPSA) is 41.1 Å². The third-order valence-corrected chi connectivity index (χ3v) is 3.02. The van der Waals surface area contributed by atoms with Crippen LogP contribution in [0.25, 0.3) is 0 Å². The number of carbonyl (C=O) groups is 1. The molecule has 3 nitrogen and oxygen atoms in total. The monoisotopic (exact) mass is 212 g/mol. The maximum Gasteiger partial charge on any atom is 0.238 e. The Kier molecular flexibility index (Phi) is 5.50. The highest BCUT2D eigenvalue weighted by Gasteiger charge is 2.21. The van der Waals surface area contributed by atoms with Crippen LogP contribution in [-0.4, -0.2) is 30.1 Å². The fourth-order valence-electron chi connectivity index (χ4n) is 1.25. The summed E-state index contributed by atoms with van der Waals surface area (Å²) in [6.07, 6.45) is 7.88. The Labute approximate surface area is 89.4 Å². The average molecular weight is 212 g/mol. The van der Waals surface area contributed by atoms with Crippen molar-refractivity contribution in [2.45, 2.75) is 25.3 Å². The molecule has 1 rings (SSSR count). The van der Waals surface area contributed by atoms with Gasteiger partial charge in [0, 0.05) is 24.6 Å². The van der Waals surface area contributed by atoms with E-state index in [0.717, 1.165) is 37.4 Å². The van der Waals surface area contributed by atoms with Crippen molar-refractivity contribution in [3.8, 4) is 12.3 Å². The first kappa shape index (κ1) is 11.4. The predicted molar refractivity (Wildman–Crippen MR) is 59.9 cm³/mol. The van der Waals surface area contributed by atoms with Gasteiger partial charge in [-0.1, -0.05) is 0 Å². The number of hydrogen-bond acceptors (Lipinski definition) is 3. The Morgan fingerprint density at radius 2 is 2.50 bits per heavy atom. The molecule has 0 saturated carbocycles. The molecule has 0 aromatic carbocycles. The van der Waals surface area contributed by atoms with E-state index in [-0.39, 0.29) is 11.9 Å². The second-order valence-corrected chi connectivity index (χ2v) is 4.25. The van der Waals surface area contributed by atoms with Gasteiger partial charge in [-0.3, -0.25) is 10.1 Å². The molecular formula is C10H16N2OS. The van der Waals surface area contributed by atoms with Crippen molar-refractivity contribution in [3.63, 3.8) is 0 Å². The zero-order chi connectivity index (χ0) is 10.2. The van der Waals surface area contributed by atoms with Crippen molar-refractivity contribution >= 4 is 17.7 Å². The van der Waals surface area contributed by atoms with E-state index in [4.69, 9.17) is 6.42 Å². The molecule has 1 aliphatic heterocycles. The second-order valence-electron chi connectivity index (χ2n) is 3.22. The first-order valence-electron chi connectivity index (χ1n) is 4.87. The zero-order valence-corrected chi connectivity index (χ0v) is 9.03. The van der Waals surface area contributed by atoms with Crippen molar-refractivity contribution in [3.05, 3.63) is 0 Å². The fourth-order valence-corrected chi connectivity index (χ4v) is 2.19. The smallest absolute Gasteiger partial charge is 0.238 e. The van der Waals surface area contributed by atoms with Gasteiger partial charge in [0.15, 0.2) is 0 Å². The van der Waals surface area contributed by atoms with E-state index in [1.165, 1.54) is 0 Å². The lowest BCUT2D eigenvalue weighted by atomic mass is 10.2. The van der Waals surface area contributed by atoms with Gasteiger partial charge in [0.1, 0.15) is 0 Å². The van der Waals surface area contributed by atoms with Gasteiger partial charge in [-0.15, -0.1) is 24.1 Å². The highest BCUT2D eigenvalue weighted by atomic mass is 32.2. The SMILES string of the molecule is C#CCCCCNC(=O)C1CSCN1. The quantitative estimate of drug-likeness (QED) is 0.517. The van der Waals surface area contributed by atoms with Crippen LogP contribution in [-0.2, 0) is 4.79 Å². The number of amides is 1. The van der Waals surface area contributed by atoms with E-state index in [2.05, 4.69) is 16.6 Å².